The summed E-state index contributed by atoms with van der Waals surface area (Å²) in [6, 6.07) is 4.46. The molecule has 2 aliphatic rings. The smallest absolute Gasteiger partial charge is 0.290 e. The quantitative estimate of drug-likeness (QED) is 0.894. The number of hydrogen-bond acceptors (Lipinski definition) is 4. The molecule has 2 heterocycles. The number of nitrogens with zero attached hydrogens (tertiary/aromatic N) is 3. The van der Waals surface area contributed by atoms with Crippen molar-refractivity contribution in [2.45, 2.75) is 25.4 Å². The van der Waals surface area contributed by atoms with Gasteiger partial charge in [0.2, 0.25) is 0 Å². The van der Waals surface area contributed by atoms with Crippen molar-refractivity contribution >= 4 is 5.82 Å². The molecule has 1 aliphatic carbocycles. The predicted molar refractivity (Wildman–Crippen MR) is 95.5 cm³/mol. The van der Waals surface area contributed by atoms with Crippen LogP contribution in [-0.2, 0) is 19.0 Å². The summed E-state index contributed by atoms with van der Waals surface area (Å²) in [5.41, 5.74) is 4.02. The maximum atomic E-state index is 12.8. The summed E-state index contributed by atoms with van der Waals surface area (Å²) >= 11 is 0. The molecule has 0 saturated carbocycles. The minimum Gasteiger partial charge on any atom is -0.290 e. The van der Waals surface area contributed by atoms with Gasteiger partial charge in [0, 0.05) is 17.3 Å². The first-order valence-corrected chi connectivity index (χ1v) is 8.63. The minimum absolute atomic E-state index is 0.276. The number of rotatable bonds is 3. The Balaban J connectivity index is 1.75. The van der Waals surface area contributed by atoms with Crippen LogP contribution in [0, 0.1) is 0 Å². The molecule has 0 bridgehead atoms. The molecule has 140 valence electrons. The fourth-order valence-corrected chi connectivity index (χ4v) is 3.32. The number of halogens is 3. The number of aromatic nitrogens is 2. The van der Waals surface area contributed by atoms with Crippen LogP contribution in [0.4, 0.5) is 19.0 Å². The van der Waals surface area contributed by atoms with Crippen molar-refractivity contribution in [1.29, 1.82) is 0 Å². The third kappa shape index (κ3) is 3.34. The first-order chi connectivity index (χ1) is 12.9. The number of hydrazine groups is 1. The van der Waals surface area contributed by atoms with Crippen molar-refractivity contribution in [2.24, 2.45) is 0 Å². The maximum absolute atomic E-state index is 12.8. The number of nitrogens with one attached hydrogen (secondary N) is 1. The van der Waals surface area contributed by atoms with Crippen molar-refractivity contribution in [3.05, 3.63) is 75.7 Å². The Morgan fingerprint density at radius 3 is 2.44 bits per heavy atom. The lowest BCUT2D eigenvalue weighted by Crippen LogP contribution is -2.31. The highest BCUT2D eigenvalue weighted by molar-refractivity contribution is 5.50. The Labute approximate surface area is 153 Å². The van der Waals surface area contributed by atoms with Gasteiger partial charge < -0.3 is 0 Å². The van der Waals surface area contributed by atoms with Crippen LogP contribution < -0.4 is 11.0 Å². The molecule has 1 aromatic carbocycles. The van der Waals surface area contributed by atoms with Crippen molar-refractivity contribution in [3.63, 3.8) is 0 Å². The maximum Gasteiger partial charge on any atom is 0.416 e. The zero-order valence-corrected chi connectivity index (χ0v) is 14.3. The SMILES string of the molecule is O=c1c2c(c(NN3C=CC=CC3)nn1-c1ccc(C(F)(F)F)cc1)CCC2. The molecule has 0 radical (unpaired) electrons. The summed E-state index contributed by atoms with van der Waals surface area (Å²) in [6.07, 6.45) is 5.46. The lowest BCUT2D eigenvalue weighted by molar-refractivity contribution is -0.137. The van der Waals surface area contributed by atoms with Crippen LogP contribution in [0.3, 0.4) is 0 Å². The molecule has 8 heteroatoms. The lowest BCUT2D eigenvalue weighted by Gasteiger charge is -2.24. The number of alkyl halides is 3. The Morgan fingerprint density at radius 2 is 1.78 bits per heavy atom. The van der Waals surface area contributed by atoms with E-state index in [-0.39, 0.29) is 5.56 Å². The monoisotopic (exact) mass is 374 g/mol. The van der Waals surface area contributed by atoms with Crippen molar-refractivity contribution < 1.29 is 13.2 Å². The molecule has 0 spiro atoms. The van der Waals surface area contributed by atoms with Crippen LogP contribution in [0.1, 0.15) is 23.1 Å². The van der Waals surface area contributed by atoms with Gasteiger partial charge in [-0.05, 0) is 49.6 Å². The normalized spacial score (nSPS) is 15.9. The van der Waals surface area contributed by atoms with E-state index in [1.165, 1.54) is 16.8 Å². The number of fused-ring (bicyclic) bond motifs is 1. The Kier molecular flexibility index (Phi) is 4.25. The van der Waals surface area contributed by atoms with Gasteiger partial charge in [-0.15, -0.1) is 5.10 Å². The second-order valence-electron chi connectivity index (χ2n) is 6.45. The van der Waals surface area contributed by atoms with Crippen LogP contribution in [0.5, 0.6) is 0 Å². The number of allylic oxidation sites excluding steroid dienone is 2. The van der Waals surface area contributed by atoms with Gasteiger partial charge in [0.15, 0.2) is 5.82 Å². The zero-order valence-electron chi connectivity index (χ0n) is 14.3. The van der Waals surface area contributed by atoms with Crippen molar-refractivity contribution in [3.8, 4) is 5.69 Å². The van der Waals surface area contributed by atoms with Crippen LogP contribution in [0.15, 0.2) is 53.5 Å². The van der Waals surface area contributed by atoms with Gasteiger partial charge in [0.05, 0.1) is 17.8 Å². The van der Waals surface area contributed by atoms with Gasteiger partial charge in [-0.3, -0.25) is 15.2 Å². The van der Waals surface area contributed by atoms with E-state index in [0.717, 1.165) is 30.5 Å². The molecule has 1 aromatic heterocycles. The highest BCUT2D eigenvalue weighted by Crippen LogP contribution is 2.30. The Morgan fingerprint density at radius 1 is 1.04 bits per heavy atom. The zero-order chi connectivity index (χ0) is 19.0. The van der Waals surface area contributed by atoms with E-state index in [0.29, 0.717) is 30.0 Å². The van der Waals surface area contributed by atoms with Crippen LogP contribution in [0.2, 0.25) is 0 Å². The largest absolute Gasteiger partial charge is 0.416 e. The van der Waals surface area contributed by atoms with E-state index in [9.17, 15) is 18.0 Å². The van der Waals surface area contributed by atoms with Crippen LogP contribution >= 0.6 is 0 Å². The van der Waals surface area contributed by atoms with E-state index in [2.05, 4.69) is 10.5 Å². The summed E-state index contributed by atoms with van der Waals surface area (Å²) in [6.45, 7) is 0.645. The predicted octanol–water partition coefficient (Wildman–Crippen LogP) is 3.45. The standard InChI is InChI=1S/C19H17F3N4O/c20-19(21,22)13-7-9-14(10-8-13)26-18(27)16-6-4-5-15(16)17(24-26)23-25-11-2-1-3-12-25/h1-3,7-11H,4-6,12H2,(H,23,24). The first-order valence-electron chi connectivity index (χ1n) is 8.63. The minimum atomic E-state index is -4.42. The summed E-state index contributed by atoms with van der Waals surface area (Å²) in [4.78, 5) is 12.8. The fraction of sp³-hybridized carbons (Fsp3) is 0.263. The van der Waals surface area contributed by atoms with E-state index < -0.39 is 11.7 Å². The van der Waals surface area contributed by atoms with Gasteiger partial charge in [-0.2, -0.15) is 17.9 Å². The Bertz CT molecular complexity index is 974. The van der Waals surface area contributed by atoms with E-state index >= 15 is 0 Å². The highest BCUT2D eigenvalue weighted by Gasteiger charge is 2.30. The molecule has 0 fully saturated rings. The topological polar surface area (TPSA) is 50.2 Å². The second-order valence-corrected chi connectivity index (χ2v) is 6.45. The molecular weight excluding hydrogens is 357 g/mol. The molecule has 0 atom stereocenters. The first kappa shape index (κ1) is 17.4. The van der Waals surface area contributed by atoms with Crippen LogP contribution in [0.25, 0.3) is 5.69 Å². The second kappa shape index (κ2) is 6.61. The number of anilines is 1. The molecule has 1 aliphatic heterocycles. The number of hydrogen-bond donors (Lipinski definition) is 1. The molecule has 0 amide bonds. The average molecular weight is 374 g/mol. The Hall–Kier alpha value is -3.03. The molecule has 0 unspecified atom stereocenters. The van der Waals surface area contributed by atoms with Crippen molar-refractivity contribution in [2.75, 3.05) is 12.0 Å². The number of benzene rings is 1. The van der Waals surface area contributed by atoms with Gasteiger partial charge in [0.1, 0.15) is 0 Å². The van der Waals surface area contributed by atoms with Gasteiger partial charge in [-0.1, -0.05) is 12.2 Å². The molecule has 4 rings (SSSR count). The molecule has 5 nitrogen and oxygen atoms in total. The van der Waals surface area contributed by atoms with Gasteiger partial charge in [-0.25, -0.2) is 0 Å². The summed E-state index contributed by atoms with van der Waals surface area (Å²) in [7, 11) is 0. The third-order valence-corrected chi connectivity index (χ3v) is 4.66. The highest BCUT2D eigenvalue weighted by atomic mass is 19.4. The van der Waals surface area contributed by atoms with E-state index in [1.807, 2.05) is 29.4 Å². The summed E-state index contributed by atoms with van der Waals surface area (Å²) in [5.74, 6) is 0.557. The third-order valence-electron chi connectivity index (χ3n) is 4.66. The lowest BCUT2D eigenvalue weighted by atomic mass is 10.1. The molecular formula is C19H17F3N4O. The molecule has 0 saturated heterocycles. The summed E-state index contributed by atoms with van der Waals surface area (Å²) in [5, 5.41) is 6.25. The van der Waals surface area contributed by atoms with Gasteiger partial charge >= 0.3 is 6.18 Å². The average Bonchev–Trinajstić information content (AvgIpc) is 3.15. The fourth-order valence-electron chi connectivity index (χ4n) is 3.32. The summed E-state index contributed by atoms with van der Waals surface area (Å²) < 4.78 is 39.6. The molecule has 27 heavy (non-hydrogen) atoms. The van der Waals surface area contributed by atoms with E-state index in [4.69, 9.17) is 0 Å². The molecule has 1 N–H and O–H groups in total. The van der Waals surface area contributed by atoms with Gasteiger partial charge in [0.25, 0.3) is 5.56 Å². The molecule has 2 aromatic rings. The van der Waals surface area contributed by atoms with Crippen LogP contribution in [-0.4, -0.2) is 21.3 Å². The van der Waals surface area contributed by atoms with Crippen molar-refractivity contribution in [1.82, 2.24) is 14.8 Å². The van der Waals surface area contributed by atoms with E-state index in [1.54, 1.807) is 0 Å².